The lowest BCUT2D eigenvalue weighted by atomic mass is 9.88. The number of aliphatic hydroxyl groups is 13. The van der Waals surface area contributed by atoms with Gasteiger partial charge in [-0.25, -0.2) is 9.59 Å². The number of amides is 3. The molecule has 18 N–H and O–H groups in total. The van der Waals surface area contributed by atoms with E-state index in [2.05, 4.69) is 16.0 Å². The van der Waals surface area contributed by atoms with Crippen LogP contribution in [0, 0.1) is 0 Å². The summed E-state index contributed by atoms with van der Waals surface area (Å²) in [6.07, 6.45) is -37.8. The second-order valence-corrected chi connectivity index (χ2v) is 15.9. The van der Waals surface area contributed by atoms with E-state index in [1.165, 1.54) is 0 Å². The van der Waals surface area contributed by atoms with Gasteiger partial charge in [-0.05, 0) is 0 Å². The summed E-state index contributed by atoms with van der Waals surface area (Å²) in [7, 11) is 0. The van der Waals surface area contributed by atoms with E-state index in [0.717, 1.165) is 20.8 Å². The fourth-order valence-electron chi connectivity index (χ4n) is 7.55. The molecule has 3 rings (SSSR count). The highest BCUT2D eigenvalue weighted by Gasteiger charge is 2.60. The van der Waals surface area contributed by atoms with E-state index in [0.29, 0.717) is 0 Å². The summed E-state index contributed by atoms with van der Waals surface area (Å²) < 4.78 is 33.0. The number of aldehydes is 1. The average molecular weight is 966 g/mol. The van der Waals surface area contributed by atoms with Crippen molar-refractivity contribution in [2.75, 3.05) is 26.4 Å². The third kappa shape index (κ3) is 13.1. The van der Waals surface area contributed by atoms with Gasteiger partial charge in [-0.15, -0.1) is 0 Å². The maximum absolute atomic E-state index is 12.9. The van der Waals surface area contributed by atoms with Crippen LogP contribution in [0.25, 0.3) is 0 Å². The quantitative estimate of drug-likeness (QED) is 0.0423. The first-order valence-electron chi connectivity index (χ1n) is 20.1. The van der Waals surface area contributed by atoms with Crippen LogP contribution in [0.3, 0.4) is 0 Å². The van der Waals surface area contributed by atoms with Crippen molar-refractivity contribution < 1.29 is 134 Å². The van der Waals surface area contributed by atoms with Crippen LogP contribution in [0.2, 0.25) is 0 Å². The van der Waals surface area contributed by atoms with Crippen molar-refractivity contribution in [3.05, 3.63) is 0 Å². The van der Waals surface area contributed by atoms with Crippen LogP contribution in [-0.4, -0.2) is 267 Å². The molecular formula is C36H59N3O27. The lowest BCUT2D eigenvalue weighted by Gasteiger charge is -2.50. The zero-order valence-electron chi connectivity index (χ0n) is 35.4. The van der Waals surface area contributed by atoms with Crippen molar-refractivity contribution in [3.8, 4) is 0 Å². The van der Waals surface area contributed by atoms with Gasteiger partial charge in [0.2, 0.25) is 17.7 Å². The van der Waals surface area contributed by atoms with Gasteiger partial charge >= 0.3 is 11.9 Å². The van der Waals surface area contributed by atoms with Crippen LogP contribution in [0.5, 0.6) is 0 Å². The van der Waals surface area contributed by atoms with Crippen LogP contribution < -0.4 is 16.0 Å². The highest BCUT2D eigenvalue weighted by Crippen LogP contribution is 2.38. The first-order chi connectivity index (χ1) is 30.7. The molecule has 0 saturated carbocycles. The molecule has 0 aromatic carbocycles. The molecule has 3 aliphatic rings. The standard InChI is InChI=1S/C36H59N3O27/c1-11(44)37-14(6-40)28(25(54)19(51)10-61-35(33(57)58)4-15(47)21(38-12(2)45)29(64-35)23(52)17(49)7-41)63-32-27(56)31(26(55)20(9-43)62-32)66-36(34(59)60)5-16(48)22(39-13(3)46)30(65-36)24(53)18(50)8-42/h6,14-32,41-43,47-56H,4-5,7-10H2,1-3H3,(H,37,44)(H,38,45)(H,39,46)(H,57,58)(H,59,60)/t14-,15-,16-,17?,18?,19+,20+,21+,22+,23+,24+,25-,26-,27+,28?,29+,30+,31?,32-,35+,36+/m0/s1. The highest BCUT2D eigenvalue weighted by molar-refractivity contribution is 5.78. The third-order valence-electron chi connectivity index (χ3n) is 10.9. The van der Waals surface area contributed by atoms with Gasteiger partial charge in [-0.3, -0.25) is 14.4 Å². The Labute approximate surface area is 373 Å². The van der Waals surface area contributed by atoms with E-state index in [9.17, 15) is 105 Å². The third-order valence-corrected chi connectivity index (χ3v) is 10.9. The zero-order valence-corrected chi connectivity index (χ0v) is 35.4. The Hall–Kier alpha value is -3.74. The molecule has 3 fully saturated rings. The smallest absolute Gasteiger partial charge is 0.364 e. The average Bonchev–Trinajstić information content (AvgIpc) is 3.25. The predicted octanol–water partition coefficient (Wildman–Crippen LogP) is -11.1. The lowest BCUT2D eigenvalue weighted by Crippen LogP contribution is -2.70. The minimum atomic E-state index is -3.24. The number of rotatable bonds is 23. The maximum atomic E-state index is 12.9. The van der Waals surface area contributed by atoms with Crippen LogP contribution in [-0.2, 0) is 57.2 Å². The minimum absolute atomic E-state index is 0.0567. The van der Waals surface area contributed by atoms with E-state index < -0.39 is 196 Å². The van der Waals surface area contributed by atoms with Gasteiger partial charge in [0.25, 0.3) is 11.6 Å². The van der Waals surface area contributed by atoms with Crippen molar-refractivity contribution in [2.45, 2.75) is 161 Å². The molecule has 21 atom stereocenters. The lowest BCUT2D eigenvalue weighted by molar-refractivity contribution is -0.375. The van der Waals surface area contributed by atoms with Crippen molar-refractivity contribution in [1.82, 2.24) is 16.0 Å². The topological polar surface area (TPSA) is 497 Å². The normalized spacial score (nSPS) is 36.3. The summed E-state index contributed by atoms with van der Waals surface area (Å²) in [5.74, 6) is -13.1. The monoisotopic (exact) mass is 965 g/mol. The summed E-state index contributed by atoms with van der Waals surface area (Å²) in [5.41, 5.74) is 0. The number of carboxylic acids is 2. The van der Waals surface area contributed by atoms with Crippen molar-refractivity contribution >= 4 is 35.9 Å². The van der Waals surface area contributed by atoms with E-state index in [4.69, 9.17) is 28.4 Å². The number of nitrogens with one attached hydrogen (secondary N) is 3. The molecule has 3 aliphatic heterocycles. The summed E-state index contributed by atoms with van der Waals surface area (Å²) >= 11 is 0. The number of carbonyl (C=O) groups is 6. The molecule has 30 heteroatoms. The maximum Gasteiger partial charge on any atom is 0.364 e. The summed E-state index contributed by atoms with van der Waals surface area (Å²) in [4.78, 5) is 73.8. The molecule has 30 nitrogen and oxygen atoms in total. The van der Waals surface area contributed by atoms with Crippen LogP contribution in [0.15, 0.2) is 0 Å². The summed E-state index contributed by atoms with van der Waals surface area (Å²) in [6, 6.07) is -5.35. The van der Waals surface area contributed by atoms with Gasteiger partial charge in [-0.2, -0.15) is 0 Å². The predicted molar refractivity (Wildman–Crippen MR) is 204 cm³/mol. The molecule has 66 heavy (non-hydrogen) atoms. The zero-order chi connectivity index (χ0) is 50.2. The molecule has 0 spiro atoms. The molecule has 0 radical (unpaired) electrons. The summed E-state index contributed by atoms with van der Waals surface area (Å²) in [6.45, 7) is -1.98. The first kappa shape index (κ1) is 56.6. The Morgan fingerprint density at radius 2 is 1.18 bits per heavy atom. The van der Waals surface area contributed by atoms with Gasteiger partial charge in [0.05, 0.1) is 50.7 Å². The van der Waals surface area contributed by atoms with E-state index in [1.54, 1.807) is 0 Å². The number of aliphatic carboxylic acids is 2. The molecule has 3 heterocycles. The van der Waals surface area contributed by atoms with Crippen LogP contribution >= 0.6 is 0 Å². The number of carboxylic acid groups (broad SMARTS) is 2. The van der Waals surface area contributed by atoms with Gasteiger partial charge in [0.15, 0.2) is 6.29 Å². The van der Waals surface area contributed by atoms with Gasteiger partial charge < -0.3 is 126 Å². The fourth-order valence-corrected chi connectivity index (χ4v) is 7.55. The number of hydrogen-bond acceptors (Lipinski definition) is 25. The highest BCUT2D eigenvalue weighted by atomic mass is 16.8. The first-order valence-corrected chi connectivity index (χ1v) is 20.1. The van der Waals surface area contributed by atoms with Crippen LogP contribution in [0.1, 0.15) is 33.6 Å². The second kappa shape index (κ2) is 24.0. The second-order valence-electron chi connectivity index (χ2n) is 15.9. The SMILES string of the molecule is CC(=O)N[C@H]1[C@H]([C@H](O)C(O)CO)O[C@](OC2[C@@H](O)[C@H](OC([C@H](C=O)NC(C)=O)[C@@H](O)[C@H](O)CO[C@]3(C(=O)O)C[C@H](O)[C@@H](NC(C)=O)[C@H]([C@H](O)C(O)CO)O3)O[C@H](CO)[C@@H]2O)(C(=O)O)C[C@@H]1O. The number of hydrogen-bond donors (Lipinski definition) is 18. The molecule has 0 bridgehead atoms. The van der Waals surface area contributed by atoms with Crippen molar-refractivity contribution in [3.63, 3.8) is 0 Å². The van der Waals surface area contributed by atoms with E-state index in [1.807, 2.05) is 0 Å². The Morgan fingerprint density at radius 3 is 1.59 bits per heavy atom. The fraction of sp³-hybridized carbons (Fsp3) is 0.833. The Kier molecular flexibility index (Phi) is 20.6. The minimum Gasteiger partial charge on any atom is -0.477 e. The number of aliphatic hydroxyl groups excluding tert-OH is 13. The molecule has 0 aromatic rings. The van der Waals surface area contributed by atoms with Gasteiger partial charge in [0, 0.05) is 33.6 Å². The van der Waals surface area contributed by atoms with Gasteiger partial charge in [0.1, 0.15) is 91.7 Å². The molecule has 3 amide bonds. The Balaban J connectivity index is 2.01. The van der Waals surface area contributed by atoms with Gasteiger partial charge in [-0.1, -0.05) is 0 Å². The molecule has 0 aromatic heterocycles. The van der Waals surface area contributed by atoms with Crippen LogP contribution in [0.4, 0.5) is 0 Å². The van der Waals surface area contributed by atoms with E-state index >= 15 is 0 Å². The largest absolute Gasteiger partial charge is 0.477 e. The molecule has 0 aliphatic carbocycles. The number of ether oxygens (including phenoxy) is 6. The molecule has 3 saturated heterocycles. The molecule has 380 valence electrons. The molecule has 4 unspecified atom stereocenters. The summed E-state index contributed by atoms with van der Waals surface area (Å²) in [5, 5.41) is 165. The van der Waals surface area contributed by atoms with Crippen molar-refractivity contribution in [1.29, 1.82) is 0 Å². The Bertz CT molecular complexity index is 1670. The van der Waals surface area contributed by atoms with E-state index in [-0.39, 0.29) is 6.29 Å². The Morgan fingerprint density at radius 1 is 0.712 bits per heavy atom. The van der Waals surface area contributed by atoms with Crippen molar-refractivity contribution in [2.24, 2.45) is 0 Å². The molecular weight excluding hydrogens is 906 g/mol. The number of carbonyl (C=O) groups excluding carboxylic acids is 4.